The van der Waals surface area contributed by atoms with Crippen LogP contribution in [0.3, 0.4) is 0 Å². The largest absolute Gasteiger partial charge is 0.516 e. The third-order valence-electron chi connectivity index (χ3n) is 2.42. The summed E-state index contributed by atoms with van der Waals surface area (Å²) in [6.45, 7) is 1.78. The molecule has 0 saturated heterocycles. The highest BCUT2D eigenvalue weighted by Crippen LogP contribution is 2.22. The summed E-state index contributed by atoms with van der Waals surface area (Å²) in [6, 6.07) is 4.92. The van der Waals surface area contributed by atoms with Gasteiger partial charge in [0.1, 0.15) is 0 Å². The van der Waals surface area contributed by atoms with E-state index in [4.69, 9.17) is 0 Å². The molecule has 2 amide bonds. The molecule has 0 fully saturated rings. The molecule has 0 atom stereocenters. The maximum atomic E-state index is 12.2. The second-order valence-electron chi connectivity index (χ2n) is 4.26. The number of hydrogen-bond acceptors (Lipinski definition) is 4. The number of nitrogens with one attached hydrogen (secondary N) is 2. The Balaban J connectivity index is 2.90. The first kappa shape index (κ1) is 18.0. The fourth-order valence-electron chi connectivity index (χ4n) is 1.43. The smallest absolute Gasteiger partial charge is 0.326 e. The molecule has 2 N–H and O–H groups in total. The molecule has 10 heteroatoms. The maximum absolute atomic E-state index is 12.2. The second-order valence-corrected chi connectivity index (χ2v) is 5.93. The summed E-state index contributed by atoms with van der Waals surface area (Å²) >= 11 is 0. The third-order valence-corrected chi connectivity index (χ3v) is 3.48. The van der Waals surface area contributed by atoms with Gasteiger partial charge in [0, 0.05) is 17.7 Å². The second kappa shape index (κ2) is 6.77. The van der Waals surface area contributed by atoms with Crippen molar-refractivity contribution in [1.82, 2.24) is 4.72 Å². The van der Waals surface area contributed by atoms with Gasteiger partial charge in [0.2, 0.25) is 5.91 Å². The van der Waals surface area contributed by atoms with E-state index in [9.17, 15) is 31.2 Å². The van der Waals surface area contributed by atoms with Gasteiger partial charge in [0.05, 0.1) is 0 Å². The fourth-order valence-corrected chi connectivity index (χ4v) is 1.91. The first-order valence-corrected chi connectivity index (χ1v) is 7.58. The van der Waals surface area contributed by atoms with E-state index in [-0.39, 0.29) is 23.6 Å². The van der Waals surface area contributed by atoms with Gasteiger partial charge in [0.25, 0.3) is 5.91 Å². The van der Waals surface area contributed by atoms with Gasteiger partial charge in [0.15, 0.2) is 0 Å². The first-order valence-electron chi connectivity index (χ1n) is 6.10. The minimum Gasteiger partial charge on any atom is -0.326 e. The van der Waals surface area contributed by atoms with Crippen LogP contribution in [0, 0.1) is 0 Å². The van der Waals surface area contributed by atoms with E-state index in [1.807, 2.05) is 0 Å². The van der Waals surface area contributed by atoms with Crippen LogP contribution >= 0.6 is 0 Å². The van der Waals surface area contributed by atoms with Crippen molar-refractivity contribution in [1.29, 1.82) is 0 Å². The molecule has 0 heterocycles. The molecule has 22 heavy (non-hydrogen) atoms. The van der Waals surface area contributed by atoms with E-state index in [0.717, 1.165) is 16.9 Å². The number of benzene rings is 1. The Bertz CT molecular complexity index is 671. The normalized spacial score (nSPS) is 11.8. The zero-order valence-electron chi connectivity index (χ0n) is 11.4. The topological polar surface area (TPSA) is 92.3 Å². The Morgan fingerprint density at radius 3 is 2.41 bits per heavy atom. The lowest BCUT2D eigenvalue weighted by molar-refractivity contribution is -0.116. The molecule has 1 aromatic rings. The predicted octanol–water partition coefficient (Wildman–Crippen LogP) is 2.00. The average molecular weight is 338 g/mol. The maximum Gasteiger partial charge on any atom is 0.516 e. The van der Waals surface area contributed by atoms with Crippen LogP contribution in [0.25, 0.3) is 0 Å². The highest BCUT2D eigenvalue weighted by atomic mass is 32.2. The van der Waals surface area contributed by atoms with Gasteiger partial charge in [-0.05, 0) is 24.6 Å². The van der Waals surface area contributed by atoms with E-state index in [1.54, 1.807) is 6.92 Å². The van der Waals surface area contributed by atoms with Crippen LogP contribution in [0.15, 0.2) is 24.3 Å². The summed E-state index contributed by atoms with van der Waals surface area (Å²) in [7, 11) is -5.78. The van der Waals surface area contributed by atoms with E-state index in [0.29, 0.717) is 6.42 Å². The van der Waals surface area contributed by atoms with Gasteiger partial charge in [-0.25, -0.2) is 4.72 Å². The molecule has 0 aliphatic heterocycles. The van der Waals surface area contributed by atoms with Crippen LogP contribution in [0.5, 0.6) is 0 Å². The van der Waals surface area contributed by atoms with Crippen molar-refractivity contribution >= 4 is 27.5 Å². The molecule has 0 aromatic heterocycles. The molecule has 122 valence electrons. The van der Waals surface area contributed by atoms with Crippen molar-refractivity contribution in [3.05, 3.63) is 29.8 Å². The van der Waals surface area contributed by atoms with Crippen LogP contribution in [0.4, 0.5) is 18.9 Å². The lowest BCUT2D eigenvalue weighted by Gasteiger charge is -2.10. The van der Waals surface area contributed by atoms with Crippen molar-refractivity contribution in [3.63, 3.8) is 0 Å². The third kappa shape index (κ3) is 4.72. The Hall–Kier alpha value is -2.10. The summed E-state index contributed by atoms with van der Waals surface area (Å²) in [5, 5.41) is 2.44. The summed E-state index contributed by atoms with van der Waals surface area (Å²) in [4.78, 5) is 23.0. The first-order chi connectivity index (χ1) is 10.1. The van der Waals surface area contributed by atoms with Gasteiger partial charge in [-0.3, -0.25) is 9.59 Å². The van der Waals surface area contributed by atoms with E-state index in [1.165, 1.54) is 12.1 Å². The molecule has 0 saturated carbocycles. The van der Waals surface area contributed by atoms with Crippen molar-refractivity contribution < 1.29 is 31.2 Å². The van der Waals surface area contributed by atoms with Crippen LogP contribution in [-0.4, -0.2) is 25.7 Å². The summed E-state index contributed by atoms with van der Waals surface area (Å²) in [5.41, 5.74) is -5.74. The van der Waals surface area contributed by atoms with Gasteiger partial charge in [-0.15, -0.1) is 0 Å². The van der Waals surface area contributed by atoms with Crippen LogP contribution in [-0.2, 0) is 14.8 Å². The number of carbonyl (C=O) groups is 2. The molecule has 0 radical (unpaired) electrons. The monoisotopic (exact) mass is 338 g/mol. The van der Waals surface area contributed by atoms with Crippen LogP contribution in [0.1, 0.15) is 30.1 Å². The quantitative estimate of drug-likeness (QED) is 0.859. The minimum atomic E-state index is -5.78. The van der Waals surface area contributed by atoms with E-state index < -0.39 is 21.4 Å². The Labute approximate surface area is 124 Å². The Morgan fingerprint density at radius 1 is 1.23 bits per heavy atom. The molecule has 0 bridgehead atoms. The molecular formula is C12H13F3N2O4S. The molecule has 0 spiro atoms. The molecule has 1 aromatic carbocycles. The number of halogens is 3. The number of amides is 2. The SMILES string of the molecule is CCCC(=O)Nc1cccc(C(=O)NS(=O)(=O)C(F)(F)F)c1. The molecule has 0 unspecified atom stereocenters. The Morgan fingerprint density at radius 2 is 1.86 bits per heavy atom. The van der Waals surface area contributed by atoms with E-state index >= 15 is 0 Å². The number of carbonyl (C=O) groups excluding carboxylic acids is 2. The standard InChI is InChI=1S/C12H13F3N2O4S/c1-2-4-10(18)16-9-6-3-5-8(7-9)11(19)17-22(20,21)12(13,14)15/h3,5-7H,2,4H2,1H3,(H,16,18)(H,17,19). The lowest BCUT2D eigenvalue weighted by atomic mass is 10.2. The predicted molar refractivity (Wildman–Crippen MR) is 72.4 cm³/mol. The highest BCUT2D eigenvalue weighted by Gasteiger charge is 2.47. The number of alkyl halides is 3. The number of anilines is 1. The van der Waals surface area contributed by atoms with Crippen LogP contribution < -0.4 is 10.0 Å². The number of hydrogen-bond donors (Lipinski definition) is 2. The van der Waals surface area contributed by atoms with Gasteiger partial charge < -0.3 is 5.32 Å². The number of rotatable bonds is 5. The molecule has 0 aliphatic rings. The zero-order chi connectivity index (χ0) is 17.0. The van der Waals surface area contributed by atoms with Gasteiger partial charge in [-0.2, -0.15) is 21.6 Å². The Kier molecular flexibility index (Phi) is 5.53. The highest BCUT2D eigenvalue weighted by molar-refractivity contribution is 7.90. The average Bonchev–Trinajstić information content (AvgIpc) is 2.37. The van der Waals surface area contributed by atoms with E-state index in [2.05, 4.69) is 5.32 Å². The minimum absolute atomic E-state index is 0.176. The summed E-state index contributed by atoms with van der Waals surface area (Å²) in [5.74, 6) is -1.77. The summed E-state index contributed by atoms with van der Waals surface area (Å²) < 4.78 is 59.2. The molecule has 1 rings (SSSR count). The molecule has 0 aliphatic carbocycles. The van der Waals surface area contributed by atoms with Crippen LogP contribution in [0.2, 0.25) is 0 Å². The lowest BCUT2D eigenvalue weighted by Crippen LogP contribution is -2.40. The summed E-state index contributed by atoms with van der Waals surface area (Å²) in [6.07, 6.45) is 0.828. The van der Waals surface area contributed by atoms with Crippen molar-refractivity contribution in [2.75, 3.05) is 5.32 Å². The zero-order valence-corrected chi connectivity index (χ0v) is 12.2. The molecule has 6 nitrogen and oxygen atoms in total. The van der Waals surface area contributed by atoms with Gasteiger partial charge >= 0.3 is 15.5 Å². The number of sulfonamides is 1. The van der Waals surface area contributed by atoms with Crippen molar-refractivity contribution in [2.45, 2.75) is 25.3 Å². The van der Waals surface area contributed by atoms with Crippen molar-refractivity contribution in [3.8, 4) is 0 Å². The molecular weight excluding hydrogens is 325 g/mol. The van der Waals surface area contributed by atoms with Gasteiger partial charge in [-0.1, -0.05) is 13.0 Å². The van der Waals surface area contributed by atoms with Crippen molar-refractivity contribution in [2.24, 2.45) is 0 Å². The fraction of sp³-hybridized carbons (Fsp3) is 0.333.